The summed E-state index contributed by atoms with van der Waals surface area (Å²) in [7, 11) is 3.94. The smallest absolute Gasteiger partial charge is 0.224 e. The molecule has 0 saturated carbocycles. The fourth-order valence-electron chi connectivity index (χ4n) is 2.31. The molecule has 1 aromatic carbocycles. The lowest BCUT2D eigenvalue weighted by atomic mass is 9.96. The Morgan fingerprint density at radius 2 is 2.00 bits per heavy atom. The first kappa shape index (κ1) is 16.5. The maximum absolute atomic E-state index is 12.1. The third-order valence-corrected chi connectivity index (χ3v) is 3.59. The largest absolute Gasteiger partial charge is 0.376 e. The molecule has 1 unspecified atom stereocenters. The minimum absolute atomic E-state index is 0.0785. The Morgan fingerprint density at radius 3 is 2.60 bits per heavy atom. The van der Waals surface area contributed by atoms with Crippen LogP contribution in [0.4, 0.5) is 11.4 Å². The van der Waals surface area contributed by atoms with Gasteiger partial charge in [0.05, 0.1) is 11.4 Å². The van der Waals surface area contributed by atoms with Crippen molar-refractivity contribution in [3.63, 3.8) is 0 Å². The van der Waals surface area contributed by atoms with Crippen molar-refractivity contribution in [2.45, 2.75) is 32.6 Å². The molecule has 0 spiro atoms. The summed E-state index contributed by atoms with van der Waals surface area (Å²) in [5.74, 6) is 0.629. The molecule has 0 radical (unpaired) electrons. The highest BCUT2D eigenvalue weighted by atomic mass is 16.1. The zero-order valence-electron chi connectivity index (χ0n) is 12.9. The van der Waals surface area contributed by atoms with Crippen LogP contribution in [0.5, 0.6) is 0 Å². The van der Waals surface area contributed by atoms with Crippen LogP contribution in [0.3, 0.4) is 0 Å². The molecule has 0 heterocycles. The second kappa shape index (κ2) is 8.59. The molecule has 0 aliphatic rings. The van der Waals surface area contributed by atoms with E-state index in [1.807, 2.05) is 43.3 Å². The number of anilines is 2. The highest BCUT2D eigenvalue weighted by Gasteiger charge is 2.11. The average molecular weight is 277 g/mol. The van der Waals surface area contributed by atoms with E-state index in [9.17, 15) is 4.79 Å². The predicted octanol–water partition coefficient (Wildman–Crippen LogP) is 2.85. The molecule has 0 fully saturated rings. The van der Waals surface area contributed by atoms with Gasteiger partial charge in [0.1, 0.15) is 0 Å². The summed E-state index contributed by atoms with van der Waals surface area (Å²) in [6.45, 7) is 2.85. The molecule has 0 saturated heterocycles. The Hall–Kier alpha value is -1.55. The molecule has 1 aromatic rings. The van der Waals surface area contributed by atoms with Crippen LogP contribution in [0.1, 0.15) is 32.6 Å². The molecule has 1 rings (SSSR count). The van der Waals surface area contributed by atoms with Crippen molar-refractivity contribution >= 4 is 17.3 Å². The molecule has 4 heteroatoms. The van der Waals surface area contributed by atoms with Crippen LogP contribution in [0.15, 0.2) is 24.3 Å². The van der Waals surface area contributed by atoms with Crippen molar-refractivity contribution in [2.75, 3.05) is 30.9 Å². The highest BCUT2D eigenvalue weighted by molar-refractivity contribution is 5.94. The minimum Gasteiger partial charge on any atom is -0.376 e. The van der Waals surface area contributed by atoms with Gasteiger partial charge in [0.15, 0.2) is 0 Å². The van der Waals surface area contributed by atoms with Crippen LogP contribution in [0.2, 0.25) is 0 Å². The van der Waals surface area contributed by atoms with Crippen LogP contribution >= 0.6 is 0 Å². The van der Waals surface area contributed by atoms with E-state index in [1.54, 1.807) is 0 Å². The molecule has 0 bridgehead atoms. The first-order valence-electron chi connectivity index (χ1n) is 7.34. The first-order chi connectivity index (χ1) is 9.58. The van der Waals surface area contributed by atoms with Crippen molar-refractivity contribution < 1.29 is 4.79 Å². The van der Waals surface area contributed by atoms with Crippen molar-refractivity contribution in [3.05, 3.63) is 24.3 Å². The van der Waals surface area contributed by atoms with Crippen LogP contribution < -0.4 is 16.0 Å². The molecular formula is C16H27N3O. The standard InChI is InChI=1S/C16H27N3O/c1-4-13(11-12-17)9-10-16(20)18-14-7-5-6-8-15(14)19(2)3/h5-8,13H,4,9-12,17H2,1-3H3,(H,18,20). The first-order valence-corrected chi connectivity index (χ1v) is 7.34. The second-order valence-corrected chi connectivity index (χ2v) is 5.35. The van der Waals surface area contributed by atoms with Gasteiger partial charge >= 0.3 is 0 Å². The van der Waals surface area contributed by atoms with Crippen LogP contribution in [-0.2, 0) is 4.79 Å². The lowest BCUT2D eigenvalue weighted by molar-refractivity contribution is -0.116. The third kappa shape index (κ3) is 5.21. The van der Waals surface area contributed by atoms with E-state index < -0.39 is 0 Å². The third-order valence-electron chi connectivity index (χ3n) is 3.59. The summed E-state index contributed by atoms with van der Waals surface area (Å²) in [6.07, 6.45) is 3.54. The number of rotatable bonds is 8. The van der Waals surface area contributed by atoms with Gasteiger partial charge in [-0.25, -0.2) is 0 Å². The highest BCUT2D eigenvalue weighted by Crippen LogP contribution is 2.24. The van der Waals surface area contributed by atoms with E-state index in [0.717, 1.165) is 30.6 Å². The van der Waals surface area contributed by atoms with Gasteiger partial charge in [-0.3, -0.25) is 4.79 Å². The molecule has 112 valence electrons. The fraction of sp³-hybridized carbons (Fsp3) is 0.562. The Bertz CT molecular complexity index is 418. The Morgan fingerprint density at radius 1 is 1.30 bits per heavy atom. The van der Waals surface area contributed by atoms with E-state index >= 15 is 0 Å². The van der Waals surface area contributed by atoms with Gasteiger partial charge < -0.3 is 16.0 Å². The molecule has 1 atom stereocenters. The van der Waals surface area contributed by atoms with E-state index in [1.165, 1.54) is 0 Å². The number of amides is 1. The topological polar surface area (TPSA) is 58.4 Å². The number of benzene rings is 1. The molecule has 0 aliphatic carbocycles. The van der Waals surface area contributed by atoms with Gasteiger partial charge in [-0.05, 0) is 37.4 Å². The Labute approximate surface area is 122 Å². The molecule has 3 N–H and O–H groups in total. The normalized spacial score (nSPS) is 12.0. The average Bonchev–Trinajstić information content (AvgIpc) is 2.43. The minimum atomic E-state index is 0.0785. The SMILES string of the molecule is CCC(CCN)CCC(=O)Nc1ccccc1N(C)C. The van der Waals surface area contributed by atoms with Gasteiger partial charge in [0.2, 0.25) is 5.91 Å². The number of nitrogens with one attached hydrogen (secondary N) is 1. The molecule has 1 amide bonds. The number of hydrogen-bond acceptors (Lipinski definition) is 3. The number of nitrogens with zero attached hydrogens (tertiary/aromatic N) is 1. The zero-order chi connectivity index (χ0) is 15.0. The van der Waals surface area contributed by atoms with Gasteiger partial charge in [-0.15, -0.1) is 0 Å². The molecular weight excluding hydrogens is 250 g/mol. The van der Waals surface area contributed by atoms with Crippen molar-refractivity contribution in [2.24, 2.45) is 11.7 Å². The van der Waals surface area contributed by atoms with Crippen LogP contribution in [0.25, 0.3) is 0 Å². The Balaban J connectivity index is 2.54. The van der Waals surface area contributed by atoms with Crippen molar-refractivity contribution in [1.82, 2.24) is 0 Å². The second-order valence-electron chi connectivity index (χ2n) is 5.35. The number of carbonyl (C=O) groups is 1. The summed E-state index contributed by atoms with van der Waals surface area (Å²) in [4.78, 5) is 14.0. The number of hydrogen-bond donors (Lipinski definition) is 2. The van der Waals surface area contributed by atoms with Gasteiger partial charge in [-0.2, -0.15) is 0 Å². The van der Waals surface area contributed by atoms with Crippen LogP contribution in [0, 0.1) is 5.92 Å². The monoisotopic (exact) mass is 277 g/mol. The predicted molar refractivity (Wildman–Crippen MR) is 86.1 cm³/mol. The number of nitrogens with two attached hydrogens (primary N) is 1. The molecule has 0 aromatic heterocycles. The van der Waals surface area contributed by atoms with Crippen LogP contribution in [-0.4, -0.2) is 26.5 Å². The lowest BCUT2D eigenvalue weighted by Crippen LogP contribution is -2.17. The molecule has 0 aliphatic heterocycles. The Kier molecular flexibility index (Phi) is 7.09. The molecule has 20 heavy (non-hydrogen) atoms. The zero-order valence-corrected chi connectivity index (χ0v) is 12.9. The van der Waals surface area contributed by atoms with Crippen molar-refractivity contribution in [3.8, 4) is 0 Å². The lowest BCUT2D eigenvalue weighted by Gasteiger charge is -2.18. The van der Waals surface area contributed by atoms with E-state index in [0.29, 0.717) is 18.9 Å². The summed E-state index contributed by atoms with van der Waals surface area (Å²) >= 11 is 0. The summed E-state index contributed by atoms with van der Waals surface area (Å²) in [5.41, 5.74) is 7.47. The van der Waals surface area contributed by atoms with Gasteiger partial charge in [0.25, 0.3) is 0 Å². The van der Waals surface area contributed by atoms with E-state index in [4.69, 9.17) is 5.73 Å². The summed E-state index contributed by atoms with van der Waals surface area (Å²) < 4.78 is 0. The maximum Gasteiger partial charge on any atom is 0.224 e. The number of carbonyl (C=O) groups excluding carboxylic acids is 1. The fourth-order valence-corrected chi connectivity index (χ4v) is 2.31. The van der Waals surface area contributed by atoms with Crippen molar-refractivity contribution in [1.29, 1.82) is 0 Å². The summed E-state index contributed by atoms with van der Waals surface area (Å²) in [5, 5.41) is 3.00. The quantitative estimate of drug-likeness (QED) is 0.768. The molecule has 4 nitrogen and oxygen atoms in total. The van der Waals surface area contributed by atoms with E-state index in [-0.39, 0.29) is 5.91 Å². The van der Waals surface area contributed by atoms with Gasteiger partial charge in [0, 0.05) is 20.5 Å². The van der Waals surface area contributed by atoms with E-state index in [2.05, 4.69) is 12.2 Å². The van der Waals surface area contributed by atoms with Gasteiger partial charge in [-0.1, -0.05) is 25.5 Å². The summed E-state index contributed by atoms with van der Waals surface area (Å²) in [6, 6.07) is 7.84. The number of para-hydroxylation sites is 2. The maximum atomic E-state index is 12.1.